The van der Waals surface area contributed by atoms with Crippen molar-refractivity contribution in [2.75, 3.05) is 19.6 Å². The number of aliphatic carboxylic acids is 1. The maximum absolute atomic E-state index is 11.9. The van der Waals surface area contributed by atoms with Crippen molar-refractivity contribution in [1.82, 2.24) is 10.2 Å². The van der Waals surface area contributed by atoms with Gasteiger partial charge in [-0.05, 0) is 18.9 Å². The van der Waals surface area contributed by atoms with Gasteiger partial charge in [-0.2, -0.15) is 0 Å². The lowest BCUT2D eigenvalue weighted by Crippen LogP contribution is -2.46. The molecule has 0 bridgehead atoms. The van der Waals surface area contributed by atoms with E-state index in [1.54, 1.807) is 0 Å². The summed E-state index contributed by atoms with van der Waals surface area (Å²) in [5.41, 5.74) is 0. The summed E-state index contributed by atoms with van der Waals surface area (Å²) in [5, 5.41) is 11.7. The lowest BCUT2D eigenvalue weighted by atomic mass is 10.1. The van der Waals surface area contributed by atoms with Gasteiger partial charge in [-0.1, -0.05) is 20.3 Å². The van der Waals surface area contributed by atoms with E-state index in [0.717, 1.165) is 25.9 Å². The number of carboxylic acids is 1. The Balaban J connectivity index is 2.73. The topological polar surface area (TPSA) is 69.6 Å². The summed E-state index contributed by atoms with van der Waals surface area (Å²) in [5.74, 6) is -0.691. The first-order valence-electron chi connectivity index (χ1n) is 6.28. The minimum atomic E-state index is -0.916. The van der Waals surface area contributed by atoms with Crippen LogP contribution in [0.5, 0.6) is 0 Å². The Labute approximate surface area is 102 Å². The molecule has 0 aromatic carbocycles. The van der Waals surface area contributed by atoms with Crippen LogP contribution in [0.1, 0.15) is 33.1 Å². The van der Waals surface area contributed by atoms with Crippen molar-refractivity contribution in [3.63, 3.8) is 0 Å². The number of carboxylic acid groups (broad SMARTS) is 1. The van der Waals surface area contributed by atoms with E-state index >= 15 is 0 Å². The summed E-state index contributed by atoms with van der Waals surface area (Å²) >= 11 is 0. The van der Waals surface area contributed by atoms with Crippen LogP contribution in [0.4, 0.5) is 0 Å². The Morgan fingerprint density at radius 2 is 2.29 bits per heavy atom. The van der Waals surface area contributed by atoms with Gasteiger partial charge in [0.25, 0.3) is 0 Å². The molecule has 5 heteroatoms. The summed E-state index contributed by atoms with van der Waals surface area (Å²) < 4.78 is 0. The van der Waals surface area contributed by atoms with Crippen LogP contribution in [0.25, 0.3) is 0 Å². The molecule has 1 saturated heterocycles. The van der Waals surface area contributed by atoms with Crippen molar-refractivity contribution < 1.29 is 14.7 Å². The second-order valence-corrected chi connectivity index (χ2v) is 4.81. The summed E-state index contributed by atoms with van der Waals surface area (Å²) in [7, 11) is 0. The van der Waals surface area contributed by atoms with Crippen molar-refractivity contribution in [3.8, 4) is 0 Å². The van der Waals surface area contributed by atoms with Gasteiger partial charge in [0.05, 0.1) is 12.5 Å². The zero-order valence-electron chi connectivity index (χ0n) is 10.6. The van der Waals surface area contributed by atoms with Crippen molar-refractivity contribution in [2.24, 2.45) is 5.92 Å². The van der Waals surface area contributed by atoms with Gasteiger partial charge < -0.3 is 10.4 Å². The average Bonchev–Trinajstić information content (AvgIpc) is 2.39. The lowest BCUT2D eigenvalue weighted by Gasteiger charge is -2.28. The molecule has 0 aromatic heterocycles. The van der Waals surface area contributed by atoms with Gasteiger partial charge in [0.2, 0.25) is 5.91 Å². The van der Waals surface area contributed by atoms with Crippen molar-refractivity contribution in [1.29, 1.82) is 0 Å². The number of hydrogen-bond donors (Lipinski definition) is 2. The van der Waals surface area contributed by atoms with E-state index in [0.29, 0.717) is 12.5 Å². The van der Waals surface area contributed by atoms with E-state index in [1.807, 2.05) is 4.90 Å². The maximum atomic E-state index is 11.9. The summed E-state index contributed by atoms with van der Waals surface area (Å²) in [6, 6.07) is -0.510. The molecule has 0 aliphatic carbocycles. The summed E-state index contributed by atoms with van der Waals surface area (Å²) in [6.07, 6.45) is 1.94. The number of amides is 1. The molecule has 17 heavy (non-hydrogen) atoms. The highest BCUT2D eigenvalue weighted by Gasteiger charge is 2.31. The first-order chi connectivity index (χ1) is 8.04. The highest BCUT2D eigenvalue weighted by molar-refractivity contribution is 5.86. The predicted molar refractivity (Wildman–Crippen MR) is 64.7 cm³/mol. The van der Waals surface area contributed by atoms with Gasteiger partial charge in [0.1, 0.15) is 0 Å². The molecule has 0 aromatic rings. The fourth-order valence-electron chi connectivity index (χ4n) is 2.15. The highest BCUT2D eigenvalue weighted by atomic mass is 16.4. The SMILES string of the molecule is CCCCN1CC(C)CNC(=O)C1CC(=O)O. The van der Waals surface area contributed by atoms with Gasteiger partial charge in [-0.25, -0.2) is 0 Å². The Morgan fingerprint density at radius 1 is 1.59 bits per heavy atom. The number of hydrogen-bond acceptors (Lipinski definition) is 3. The fourth-order valence-corrected chi connectivity index (χ4v) is 2.15. The normalized spacial score (nSPS) is 26.4. The van der Waals surface area contributed by atoms with Crippen LogP contribution >= 0.6 is 0 Å². The third-order valence-corrected chi connectivity index (χ3v) is 3.08. The highest BCUT2D eigenvalue weighted by Crippen LogP contribution is 2.13. The predicted octanol–water partition coefficient (Wildman–Crippen LogP) is 0.698. The zero-order chi connectivity index (χ0) is 12.8. The Bertz CT molecular complexity index is 281. The number of nitrogens with one attached hydrogen (secondary N) is 1. The van der Waals surface area contributed by atoms with E-state index in [9.17, 15) is 9.59 Å². The van der Waals surface area contributed by atoms with Crippen LogP contribution in [0.15, 0.2) is 0 Å². The molecule has 1 aliphatic heterocycles. The number of carbonyl (C=O) groups is 2. The van der Waals surface area contributed by atoms with E-state index in [4.69, 9.17) is 5.11 Å². The van der Waals surface area contributed by atoms with Gasteiger partial charge in [-0.15, -0.1) is 0 Å². The Hall–Kier alpha value is -1.10. The van der Waals surface area contributed by atoms with E-state index in [2.05, 4.69) is 19.2 Å². The van der Waals surface area contributed by atoms with Crippen LogP contribution in [0.2, 0.25) is 0 Å². The molecule has 1 heterocycles. The van der Waals surface area contributed by atoms with Crippen LogP contribution in [-0.2, 0) is 9.59 Å². The number of rotatable bonds is 5. The molecule has 1 amide bonds. The number of carbonyl (C=O) groups excluding carboxylic acids is 1. The summed E-state index contributed by atoms with van der Waals surface area (Å²) in [6.45, 7) is 6.39. The molecule has 0 radical (unpaired) electrons. The third-order valence-electron chi connectivity index (χ3n) is 3.08. The van der Waals surface area contributed by atoms with E-state index in [-0.39, 0.29) is 12.3 Å². The van der Waals surface area contributed by atoms with Crippen molar-refractivity contribution >= 4 is 11.9 Å². The van der Waals surface area contributed by atoms with Crippen LogP contribution in [-0.4, -0.2) is 47.6 Å². The third kappa shape index (κ3) is 4.34. The molecule has 0 saturated carbocycles. The quantitative estimate of drug-likeness (QED) is 0.744. The first kappa shape index (κ1) is 14.0. The van der Waals surface area contributed by atoms with Gasteiger partial charge in [0, 0.05) is 13.1 Å². The number of nitrogens with zero attached hydrogens (tertiary/aromatic N) is 1. The largest absolute Gasteiger partial charge is 0.481 e. The monoisotopic (exact) mass is 242 g/mol. The zero-order valence-corrected chi connectivity index (χ0v) is 10.6. The van der Waals surface area contributed by atoms with Crippen molar-refractivity contribution in [2.45, 2.75) is 39.2 Å². The van der Waals surface area contributed by atoms with Crippen LogP contribution in [0.3, 0.4) is 0 Å². The maximum Gasteiger partial charge on any atom is 0.305 e. The van der Waals surface area contributed by atoms with Gasteiger partial charge in [-0.3, -0.25) is 14.5 Å². The van der Waals surface area contributed by atoms with Crippen LogP contribution < -0.4 is 5.32 Å². The molecule has 2 atom stereocenters. The average molecular weight is 242 g/mol. The molecule has 98 valence electrons. The summed E-state index contributed by atoms with van der Waals surface area (Å²) in [4.78, 5) is 24.7. The fraction of sp³-hybridized carbons (Fsp3) is 0.833. The molecular formula is C12H22N2O3. The molecule has 5 nitrogen and oxygen atoms in total. The second-order valence-electron chi connectivity index (χ2n) is 4.81. The molecule has 0 spiro atoms. The lowest BCUT2D eigenvalue weighted by molar-refractivity contribution is -0.141. The minimum Gasteiger partial charge on any atom is -0.481 e. The van der Waals surface area contributed by atoms with Crippen LogP contribution in [0, 0.1) is 5.92 Å². The smallest absolute Gasteiger partial charge is 0.305 e. The Morgan fingerprint density at radius 3 is 2.88 bits per heavy atom. The van der Waals surface area contributed by atoms with E-state index < -0.39 is 12.0 Å². The standard InChI is InChI=1S/C12H22N2O3/c1-3-4-5-14-8-9(2)7-13-12(17)10(14)6-11(15)16/h9-10H,3-8H2,1-2H3,(H,13,17)(H,15,16). The number of unbranched alkanes of at least 4 members (excludes halogenated alkanes) is 1. The first-order valence-corrected chi connectivity index (χ1v) is 6.28. The molecule has 2 N–H and O–H groups in total. The second kappa shape index (κ2) is 6.59. The van der Waals surface area contributed by atoms with Gasteiger partial charge >= 0.3 is 5.97 Å². The van der Waals surface area contributed by atoms with E-state index in [1.165, 1.54) is 0 Å². The van der Waals surface area contributed by atoms with Crippen molar-refractivity contribution in [3.05, 3.63) is 0 Å². The Kier molecular flexibility index (Phi) is 5.41. The minimum absolute atomic E-state index is 0.109. The van der Waals surface area contributed by atoms with Gasteiger partial charge in [0.15, 0.2) is 0 Å². The molecule has 2 unspecified atom stereocenters. The molecule has 1 fully saturated rings. The molecule has 1 rings (SSSR count). The molecular weight excluding hydrogens is 220 g/mol. The molecule has 1 aliphatic rings.